The molecule has 0 saturated carbocycles. The molecule has 0 bridgehead atoms. The molecule has 34 heteroatoms. The molecular weight excluding hydrogens is 1390 g/mol. The van der Waals surface area contributed by atoms with Gasteiger partial charge in [0.25, 0.3) is 5.91 Å². The van der Waals surface area contributed by atoms with E-state index in [9.17, 15) is 78.0 Å². The third-order valence-electron chi connectivity index (χ3n) is 16.2. The first-order valence-electron chi connectivity index (χ1n) is 31.7. The average molecular weight is 1480 g/mol. The molecule has 2 saturated heterocycles. The number of aromatic hydroxyl groups is 1. The molecule has 9 amide bonds. The highest BCUT2D eigenvalue weighted by Gasteiger charge is 2.36. The Morgan fingerprint density at radius 3 is 1.74 bits per heavy atom. The predicted molar refractivity (Wildman–Crippen MR) is 366 cm³/mol. The van der Waals surface area contributed by atoms with Crippen molar-refractivity contribution >= 4 is 116 Å². The second-order valence-electron chi connectivity index (χ2n) is 23.7. The number of nitrogens with zero attached hydrogens (tertiary/aromatic N) is 5. The fourth-order valence-electron chi connectivity index (χ4n) is 11.0. The number of hydrogen-bond donors (Lipinski definition) is 16. The highest BCUT2D eigenvalue weighted by Crippen LogP contribution is 2.23. The zero-order chi connectivity index (χ0) is 71.4. The largest absolute Gasteiger partial charge is 0.507 e. The van der Waals surface area contributed by atoms with Crippen LogP contribution in [0.2, 0.25) is 0 Å². The third kappa shape index (κ3) is 26.1. The van der Waals surface area contributed by atoms with Gasteiger partial charge in [-0.25, -0.2) is 0 Å². The highest BCUT2D eigenvalue weighted by atomic mass is 127. The van der Waals surface area contributed by atoms with E-state index in [2.05, 4.69) is 47.9 Å². The summed E-state index contributed by atoms with van der Waals surface area (Å²) in [5.74, 6) is -10.1. The van der Waals surface area contributed by atoms with Crippen LogP contribution in [0.4, 0.5) is 5.69 Å². The van der Waals surface area contributed by atoms with Gasteiger partial charge in [0.15, 0.2) is 5.96 Å². The number of likely N-dealkylation sites (N-methyl/N-ethyl adjacent to an activating group) is 1. The number of phenolic OH excluding ortho intramolecular Hbond substituents is 1. The smallest absolute Gasteiger partial charge is 0.317 e. The number of anilines is 1. The van der Waals surface area contributed by atoms with Crippen molar-refractivity contribution in [3.8, 4) is 5.75 Å². The van der Waals surface area contributed by atoms with Crippen LogP contribution >= 0.6 is 22.6 Å². The van der Waals surface area contributed by atoms with Gasteiger partial charge in [-0.2, -0.15) is 0 Å². The van der Waals surface area contributed by atoms with E-state index in [-0.39, 0.29) is 160 Å². The number of guanidine groups is 1. The van der Waals surface area contributed by atoms with E-state index in [4.69, 9.17) is 16.9 Å². The van der Waals surface area contributed by atoms with Crippen molar-refractivity contribution in [2.75, 3.05) is 124 Å². The normalized spacial score (nSPS) is 18.9. The molecule has 0 aliphatic carbocycles. The van der Waals surface area contributed by atoms with E-state index in [0.717, 1.165) is 15.7 Å². The number of amides is 9. The van der Waals surface area contributed by atoms with E-state index >= 15 is 0 Å². The van der Waals surface area contributed by atoms with Gasteiger partial charge in [0.2, 0.25) is 47.3 Å². The third-order valence-corrected chi connectivity index (χ3v) is 17.0. The number of carboxylic acid groups (broad SMARTS) is 3. The van der Waals surface area contributed by atoms with Gasteiger partial charge in [-0.1, -0.05) is 48.5 Å². The Balaban J connectivity index is 1.08. The van der Waals surface area contributed by atoms with Crippen molar-refractivity contribution in [1.29, 1.82) is 5.41 Å². The summed E-state index contributed by atoms with van der Waals surface area (Å²) < 4.78 is 0.461. The zero-order valence-electron chi connectivity index (χ0n) is 54.2. The van der Waals surface area contributed by atoms with Gasteiger partial charge in [0.1, 0.15) is 36.0 Å². The number of hydrogen-bond acceptors (Lipinski definition) is 19. The number of rotatable bonds is 27. The van der Waals surface area contributed by atoms with Crippen LogP contribution in [0.25, 0.3) is 10.8 Å². The Labute approximate surface area is 578 Å². The molecule has 0 radical (unpaired) electrons. The summed E-state index contributed by atoms with van der Waals surface area (Å²) in [6.07, 6.45) is 0.0398. The lowest BCUT2D eigenvalue weighted by molar-refractivity contribution is -0.142. The van der Waals surface area contributed by atoms with Crippen LogP contribution < -0.4 is 59.3 Å². The van der Waals surface area contributed by atoms with E-state index in [1.165, 1.54) is 37.4 Å². The monoisotopic (exact) mass is 1480 g/mol. The van der Waals surface area contributed by atoms with E-state index in [0.29, 0.717) is 14.7 Å². The first-order chi connectivity index (χ1) is 46.7. The van der Waals surface area contributed by atoms with Crippen molar-refractivity contribution in [2.45, 2.75) is 68.7 Å². The number of carbonyl (C=O) groups is 12. The summed E-state index contributed by atoms with van der Waals surface area (Å²) in [7, 11) is 1.36. The van der Waals surface area contributed by atoms with Crippen molar-refractivity contribution in [3.63, 3.8) is 0 Å². The van der Waals surface area contributed by atoms with Crippen molar-refractivity contribution in [1.82, 2.24) is 67.0 Å². The van der Waals surface area contributed by atoms with Crippen LogP contribution in [0, 0.1) is 8.98 Å². The van der Waals surface area contributed by atoms with Crippen molar-refractivity contribution in [3.05, 3.63) is 105 Å². The molecule has 5 atom stereocenters. The molecule has 2 aliphatic rings. The summed E-state index contributed by atoms with van der Waals surface area (Å²) in [6.45, 7) is -1.52. The van der Waals surface area contributed by atoms with Gasteiger partial charge in [0, 0.05) is 103 Å². The molecule has 0 unspecified atom stereocenters. The minimum Gasteiger partial charge on any atom is -0.507 e. The van der Waals surface area contributed by atoms with Gasteiger partial charge in [-0.05, 0) is 107 Å². The van der Waals surface area contributed by atoms with Crippen LogP contribution in [0.3, 0.4) is 0 Å². The Kier molecular flexibility index (Phi) is 30.8. The lowest BCUT2D eigenvalue weighted by Gasteiger charge is -2.33. The fourth-order valence-corrected chi connectivity index (χ4v) is 11.5. The van der Waals surface area contributed by atoms with E-state index in [1.54, 1.807) is 31.7 Å². The molecule has 4 aromatic rings. The maximum absolute atomic E-state index is 14.7. The van der Waals surface area contributed by atoms with Gasteiger partial charge >= 0.3 is 17.9 Å². The second-order valence-corrected chi connectivity index (χ2v) is 24.8. The molecule has 98 heavy (non-hydrogen) atoms. The van der Waals surface area contributed by atoms with Crippen molar-refractivity contribution in [2.24, 2.45) is 11.5 Å². The maximum atomic E-state index is 14.7. The Morgan fingerprint density at radius 2 is 1.16 bits per heavy atom. The number of nitrogens with two attached hydrogens (primary N) is 2. The maximum Gasteiger partial charge on any atom is 0.317 e. The summed E-state index contributed by atoms with van der Waals surface area (Å²) in [6, 6.07) is 16.9. The Morgan fingerprint density at radius 1 is 0.622 bits per heavy atom. The van der Waals surface area contributed by atoms with E-state index < -0.39 is 114 Å². The molecular formula is C64H86IN17O16. The van der Waals surface area contributed by atoms with Crippen LogP contribution in [0.1, 0.15) is 47.2 Å². The molecule has 530 valence electrons. The number of aliphatic carboxylic acids is 3. The van der Waals surface area contributed by atoms with Gasteiger partial charge in [-0.3, -0.25) is 82.5 Å². The van der Waals surface area contributed by atoms with Crippen LogP contribution in [0.15, 0.2) is 84.9 Å². The summed E-state index contributed by atoms with van der Waals surface area (Å²) in [5, 5.41) is 72.2. The first kappa shape index (κ1) is 77.4. The number of benzene rings is 4. The Hall–Kier alpha value is -9.62. The second kappa shape index (κ2) is 38.9. The summed E-state index contributed by atoms with van der Waals surface area (Å²) in [4.78, 5) is 167. The zero-order valence-corrected chi connectivity index (χ0v) is 56.3. The SMILES string of the molecule is CN1C(=O)[C@@H](Cc2ccc(O)c(I)c2)NC(=O)CNC(=O)[C@H](Cc2ccc3ccccc3c2)NC(=O)[C@H](CCCNC(=N)N)NC(=O)[C@H]1CCCNC(=O)c1ccc(NC(=O)CNC(=O)[C@H](CN)NC(=O)CN2CCN(CC(=O)O)CCN(CC(=O)O)CCN(CC(=O)O)CC2)cc1. The number of halogens is 1. The fraction of sp³-hybridized carbons (Fsp3) is 0.453. The number of carbonyl (C=O) groups excluding carboxylic acids is 9. The molecule has 2 aliphatic heterocycles. The minimum atomic E-state index is -1.33. The van der Waals surface area contributed by atoms with Gasteiger partial charge < -0.3 is 84.6 Å². The van der Waals surface area contributed by atoms with E-state index in [1.807, 2.05) is 65.1 Å². The molecule has 0 aromatic heterocycles. The molecule has 2 heterocycles. The van der Waals surface area contributed by atoms with Gasteiger partial charge in [0.05, 0.1) is 42.8 Å². The van der Waals surface area contributed by atoms with Crippen LogP contribution in [-0.4, -0.2) is 270 Å². The molecule has 0 spiro atoms. The molecule has 4 aromatic carbocycles. The Bertz CT molecular complexity index is 3480. The molecule has 18 N–H and O–H groups in total. The minimum absolute atomic E-state index is 0.0160. The number of carboxylic acids is 3. The quantitative estimate of drug-likeness (QED) is 0.0121. The lowest BCUT2D eigenvalue weighted by Crippen LogP contribution is -2.58. The lowest BCUT2D eigenvalue weighted by atomic mass is 10.00. The topological polar surface area (TPSA) is 486 Å². The summed E-state index contributed by atoms with van der Waals surface area (Å²) >= 11 is 1.92. The molecule has 2 fully saturated rings. The number of phenols is 1. The summed E-state index contributed by atoms with van der Waals surface area (Å²) in [5.41, 5.74) is 13.0. The predicted octanol–water partition coefficient (Wildman–Crippen LogP) is -3.21. The highest BCUT2D eigenvalue weighted by molar-refractivity contribution is 14.1. The molecule has 33 nitrogen and oxygen atoms in total. The van der Waals surface area contributed by atoms with Crippen molar-refractivity contribution < 1.29 is 78.0 Å². The first-order valence-corrected chi connectivity index (χ1v) is 32.8. The molecule has 6 rings (SSSR count). The van der Waals surface area contributed by atoms with Crippen LogP contribution in [0.5, 0.6) is 5.75 Å². The standard InChI is InChI=1S/C64H86IN17O16/c1-78-50(62(97)76-46(8-4-19-70-64(67)68)61(96)77-47(30-39-10-12-41-6-2-3-7-43(41)28-39)59(94)71-34-53(85)74-48(63(78)98)31-40-11-17-51(83)45(65)29-40)9-5-18-69-58(93)42-13-15-44(16-14-42)73-52(84)33-72-60(95)49(32-66)75-54(86)35-79-20-22-80(36-55(87)88)24-26-82(38-57(91)92)27-25-81(23-21-79)37-56(89)90/h2-3,6-7,10-17,28-29,46-50,83H,4-5,8-9,18-27,30-38,66H2,1H3,(H,69,93)(H,71,94)(H,72,95)(H,73,84)(H,74,85)(H,75,86)(H,76,97)(H,77,96)(H,87,88)(H,89,90)(H,91,92)(H4,67,68,70)/t46-,47-,48+,49-,50+/m0/s1. The van der Waals surface area contributed by atoms with Gasteiger partial charge in [-0.15, -0.1) is 0 Å². The number of fused-ring (bicyclic) bond motifs is 1. The van der Waals surface area contributed by atoms with Crippen LogP contribution in [-0.2, 0) is 65.6 Å². The average Bonchev–Trinajstić information content (AvgIpc) is 1.13. The number of nitrogens with one attached hydrogen (secondary N) is 10.